The monoisotopic (exact) mass is 393 g/mol. The van der Waals surface area contributed by atoms with Gasteiger partial charge < -0.3 is 5.32 Å². The van der Waals surface area contributed by atoms with E-state index >= 15 is 0 Å². The minimum atomic E-state index is -0.511. The Labute approximate surface area is 169 Å². The predicted octanol–water partition coefficient (Wildman–Crippen LogP) is 3.85. The number of aromatic nitrogens is 3. The van der Waals surface area contributed by atoms with Gasteiger partial charge in [0.05, 0.1) is 5.69 Å². The van der Waals surface area contributed by atoms with E-state index in [0.717, 1.165) is 32.5 Å². The van der Waals surface area contributed by atoms with Crippen molar-refractivity contribution in [1.29, 1.82) is 0 Å². The van der Waals surface area contributed by atoms with Crippen LogP contribution in [-0.2, 0) is 11.3 Å². The number of piperidine rings is 1. The molecule has 1 aliphatic heterocycles. The predicted molar refractivity (Wildman–Crippen MR) is 109 cm³/mol. The van der Waals surface area contributed by atoms with Crippen LogP contribution in [0.5, 0.6) is 0 Å². The first kappa shape index (κ1) is 19.3. The molecule has 3 aromatic rings. The van der Waals surface area contributed by atoms with E-state index in [4.69, 9.17) is 0 Å². The SMILES string of the molecule is CC1(C(=O)Nc2ccc(-c3ncn[nH]3)cc2F)CCN(Cc2ccccc2)CC1. The number of hydrogen-bond donors (Lipinski definition) is 2. The third kappa shape index (κ3) is 4.35. The molecule has 1 fully saturated rings. The number of carbonyl (C=O) groups is 1. The number of benzene rings is 2. The van der Waals surface area contributed by atoms with Crippen molar-refractivity contribution < 1.29 is 9.18 Å². The van der Waals surface area contributed by atoms with Gasteiger partial charge in [-0.1, -0.05) is 37.3 Å². The molecule has 0 radical (unpaired) electrons. The summed E-state index contributed by atoms with van der Waals surface area (Å²) >= 11 is 0. The Morgan fingerprint density at radius 1 is 1.21 bits per heavy atom. The largest absolute Gasteiger partial charge is 0.323 e. The highest BCUT2D eigenvalue weighted by Crippen LogP contribution is 2.33. The van der Waals surface area contributed by atoms with Gasteiger partial charge in [-0.05, 0) is 49.7 Å². The third-order valence-corrected chi connectivity index (χ3v) is 5.66. The number of aromatic amines is 1. The highest BCUT2D eigenvalue weighted by atomic mass is 19.1. The first-order valence-corrected chi connectivity index (χ1v) is 9.76. The zero-order chi connectivity index (χ0) is 20.3. The van der Waals surface area contributed by atoms with Gasteiger partial charge in [0.2, 0.25) is 5.91 Å². The van der Waals surface area contributed by atoms with Gasteiger partial charge in [0.1, 0.15) is 12.1 Å². The fourth-order valence-corrected chi connectivity index (χ4v) is 3.65. The zero-order valence-corrected chi connectivity index (χ0v) is 16.4. The van der Waals surface area contributed by atoms with Crippen molar-refractivity contribution in [3.05, 3.63) is 66.2 Å². The normalized spacial score (nSPS) is 16.5. The molecule has 150 valence electrons. The van der Waals surface area contributed by atoms with Crippen molar-refractivity contribution in [3.8, 4) is 11.4 Å². The van der Waals surface area contributed by atoms with E-state index in [1.807, 2.05) is 25.1 Å². The molecule has 0 spiro atoms. The summed E-state index contributed by atoms with van der Waals surface area (Å²) in [7, 11) is 0. The summed E-state index contributed by atoms with van der Waals surface area (Å²) in [6, 6.07) is 15.0. The average Bonchev–Trinajstić information content (AvgIpc) is 3.27. The molecule has 4 rings (SSSR count). The molecule has 29 heavy (non-hydrogen) atoms. The number of nitrogens with zero attached hydrogens (tertiary/aromatic N) is 3. The lowest BCUT2D eigenvalue weighted by Crippen LogP contribution is -2.44. The minimum Gasteiger partial charge on any atom is -0.323 e. The Balaban J connectivity index is 1.37. The Bertz CT molecular complexity index is 966. The molecule has 2 heterocycles. The number of rotatable bonds is 5. The summed E-state index contributed by atoms with van der Waals surface area (Å²) in [5.41, 5.74) is 1.53. The maximum atomic E-state index is 14.5. The molecule has 0 bridgehead atoms. The van der Waals surface area contributed by atoms with E-state index in [0.29, 0.717) is 11.4 Å². The van der Waals surface area contributed by atoms with Gasteiger partial charge in [0.25, 0.3) is 0 Å². The van der Waals surface area contributed by atoms with Crippen molar-refractivity contribution >= 4 is 11.6 Å². The Morgan fingerprint density at radius 2 is 1.97 bits per heavy atom. The molecule has 0 unspecified atom stereocenters. The molecule has 6 nitrogen and oxygen atoms in total. The maximum absolute atomic E-state index is 14.5. The van der Waals surface area contributed by atoms with Gasteiger partial charge in [-0.3, -0.25) is 14.8 Å². The van der Waals surface area contributed by atoms with Crippen LogP contribution in [0.4, 0.5) is 10.1 Å². The number of nitrogens with one attached hydrogen (secondary N) is 2. The first-order valence-electron chi connectivity index (χ1n) is 9.76. The number of halogens is 1. The fraction of sp³-hybridized carbons (Fsp3) is 0.318. The summed E-state index contributed by atoms with van der Waals surface area (Å²) in [6.07, 6.45) is 2.85. The van der Waals surface area contributed by atoms with E-state index in [9.17, 15) is 9.18 Å². The molecule has 2 aromatic carbocycles. The lowest BCUT2D eigenvalue weighted by Gasteiger charge is -2.38. The topological polar surface area (TPSA) is 73.9 Å². The van der Waals surface area contributed by atoms with E-state index in [-0.39, 0.29) is 11.6 Å². The van der Waals surface area contributed by atoms with Crippen LogP contribution in [0.15, 0.2) is 54.9 Å². The molecular weight excluding hydrogens is 369 g/mol. The minimum absolute atomic E-state index is 0.136. The third-order valence-electron chi connectivity index (χ3n) is 5.66. The van der Waals surface area contributed by atoms with Crippen LogP contribution in [0.1, 0.15) is 25.3 Å². The van der Waals surface area contributed by atoms with Crippen LogP contribution in [0, 0.1) is 11.2 Å². The highest BCUT2D eigenvalue weighted by Gasteiger charge is 2.37. The van der Waals surface area contributed by atoms with E-state index in [2.05, 4.69) is 37.5 Å². The van der Waals surface area contributed by atoms with Crippen molar-refractivity contribution in [2.75, 3.05) is 18.4 Å². The van der Waals surface area contributed by atoms with Crippen molar-refractivity contribution in [2.45, 2.75) is 26.3 Å². The van der Waals surface area contributed by atoms with E-state index < -0.39 is 11.2 Å². The van der Waals surface area contributed by atoms with Gasteiger partial charge in [-0.2, -0.15) is 5.10 Å². The number of anilines is 1. The molecule has 0 aliphatic carbocycles. The quantitative estimate of drug-likeness (QED) is 0.691. The molecule has 0 saturated carbocycles. The maximum Gasteiger partial charge on any atom is 0.230 e. The summed E-state index contributed by atoms with van der Waals surface area (Å²) < 4.78 is 14.5. The second-order valence-electron chi connectivity index (χ2n) is 7.81. The highest BCUT2D eigenvalue weighted by molar-refractivity contribution is 5.95. The molecule has 2 N–H and O–H groups in total. The summed E-state index contributed by atoms with van der Waals surface area (Å²) in [5, 5.41) is 9.25. The second-order valence-corrected chi connectivity index (χ2v) is 7.81. The number of likely N-dealkylation sites (tertiary alicyclic amines) is 1. The summed E-state index contributed by atoms with van der Waals surface area (Å²) in [5.74, 6) is -0.139. The van der Waals surface area contributed by atoms with Crippen molar-refractivity contribution in [2.24, 2.45) is 5.41 Å². The van der Waals surface area contributed by atoms with Crippen LogP contribution >= 0.6 is 0 Å². The number of hydrogen-bond acceptors (Lipinski definition) is 4. The Hall–Kier alpha value is -3.06. The molecule has 7 heteroatoms. The standard InChI is InChI=1S/C22H24FN5O/c1-22(9-11-28(12-10-22)14-16-5-3-2-4-6-16)21(29)26-19-8-7-17(13-18(19)23)20-24-15-25-27-20/h2-8,13,15H,9-12,14H2,1H3,(H,26,29)(H,24,25,27). The molecule has 0 atom stereocenters. The van der Waals surface area contributed by atoms with Crippen LogP contribution in [0.3, 0.4) is 0 Å². The van der Waals surface area contributed by atoms with Crippen molar-refractivity contribution in [3.63, 3.8) is 0 Å². The van der Waals surface area contributed by atoms with Crippen LogP contribution < -0.4 is 5.32 Å². The molecule has 1 aromatic heterocycles. The van der Waals surface area contributed by atoms with Crippen molar-refractivity contribution in [1.82, 2.24) is 20.1 Å². The lowest BCUT2D eigenvalue weighted by molar-refractivity contribution is -0.127. The van der Waals surface area contributed by atoms with E-state index in [1.165, 1.54) is 18.0 Å². The smallest absolute Gasteiger partial charge is 0.230 e. The first-order chi connectivity index (χ1) is 14.0. The Kier molecular flexibility index (Phi) is 5.40. The van der Waals surface area contributed by atoms with Gasteiger partial charge in [-0.15, -0.1) is 0 Å². The second kappa shape index (κ2) is 8.13. The number of carbonyl (C=O) groups excluding carboxylic acids is 1. The zero-order valence-electron chi connectivity index (χ0n) is 16.4. The number of H-pyrrole nitrogens is 1. The molecular formula is C22H24FN5O. The Morgan fingerprint density at radius 3 is 2.62 bits per heavy atom. The molecule has 1 aliphatic rings. The average molecular weight is 393 g/mol. The summed E-state index contributed by atoms with van der Waals surface area (Å²) in [4.78, 5) is 19.3. The van der Waals surface area contributed by atoms with Gasteiger partial charge >= 0.3 is 0 Å². The summed E-state index contributed by atoms with van der Waals surface area (Å²) in [6.45, 7) is 4.52. The van der Waals surface area contributed by atoms with Gasteiger partial charge in [-0.25, -0.2) is 9.37 Å². The van der Waals surface area contributed by atoms with Gasteiger partial charge in [0, 0.05) is 17.5 Å². The lowest BCUT2D eigenvalue weighted by atomic mass is 9.79. The van der Waals surface area contributed by atoms with Crippen LogP contribution in [0.25, 0.3) is 11.4 Å². The van der Waals surface area contributed by atoms with E-state index in [1.54, 1.807) is 12.1 Å². The van der Waals surface area contributed by atoms with Crippen LogP contribution in [0.2, 0.25) is 0 Å². The molecule has 1 saturated heterocycles. The van der Waals surface area contributed by atoms with Crippen LogP contribution in [-0.4, -0.2) is 39.1 Å². The number of amides is 1. The fourth-order valence-electron chi connectivity index (χ4n) is 3.65. The van der Waals surface area contributed by atoms with Gasteiger partial charge in [0.15, 0.2) is 5.82 Å². The molecule has 1 amide bonds.